The Labute approximate surface area is 120 Å². The standard InChI is InChI=1S/C15H24N4O/c1-12-11-13(3-4-14(12)15(16)17)19-6-2-5-18(7-8-19)9-10-20/h3-4,11,20H,2,5-10H2,1H3,(H3,16,17). The van der Waals surface area contributed by atoms with Crippen molar-refractivity contribution < 1.29 is 5.11 Å². The van der Waals surface area contributed by atoms with Crippen molar-refractivity contribution in [3.8, 4) is 0 Å². The quantitative estimate of drug-likeness (QED) is 0.561. The van der Waals surface area contributed by atoms with E-state index < -0.39 is 0 Å². The van der Waals surface area contributed by atoms with Crippen LogP contribution < -0.4 is 10.6 Å². The fourth-order valence-corrected chi connectivity index (χ4v) is 2.74. The minimum atomic E-state index is 0.124. The van der Waals surface area contributed by atoms with Gasteiger partial charge in [0, 0.05) is 37.4 Å². The maximum Gasteiger partial charge on any atom is 0.123 e. The Morgan fingerprint density at radius 3 is 2.75 bits per heavy atom. The molecular weight excluding hydrogens is 252 g/mol. The first-order valence-electron chi connectivity index (χ1n) is 7.15. The molecule has 0 unspecified atom stereocenters. The summed E-state index contributed by atoms with van der Waals surface area (Å²) in [5.74, 6) is 0.124. The summed E-state index contributed by atoms with van der Waals surface area (Å²) in [5.41, 5.74) is 8.61. The second-order valence-corrected chi connectivity index (χ2v) is 5.32. The van der Waals surface area contributed by atoms with E-state index in [9.17, 15) is 0 Å². The Bertz CT molecular complexity index is 475. The molecule has 1 aromatic carbocycles. The monoisotopic (exact) mass is 276 g/mol. The smallest absolute Gasteiger partial charge is 0.123 e. The van der Waals surface area contributed by atoms with Crippen molar-refractivity contribution in [1.29, 1.82) is 5.41 Å². The molecule has 1 saturated heterocycles. The minimum Gasteiger partial charge on any atom is -0.395 e. The van der Waals surface area contributed by atoms with Gasteiger partial charge in [-0.05, 0) is 43.7 Å². The zero-order chi connectivity index (χ0) is 14.5. The number of nitrogens with two attached hydrogens (primary N) is 1. The zero-order valence-corrected chi connectivity index (χ0v) is 12.1. The van der Waals surface area contributed by atoms with Gasteiger partial charge in [0.05, 0.1) is 6.61 Å². The summed E-state index contributed by atoms with van der Waals surface area (Å²) in [6, 6.07) is 6.09. The van der Waals surface area contributed by atoms with Gasteiger partial charge in [0.15, 0.2) is 0 Å². The molecule has 1 heterocycles. The van der Waals surface area contributed by atoms with Crippen LogP contribution in [0.2, 0.25) is 0 Å². The Kier molecular flexibility index (Phi) is 4.98. The van der Waals surface area contributed by atoms with Gasteiger partial charge in [-0.3, -0.25) is 10.3 Å². The summed E-state index contributed by atoms with van der Waals surface area (Å²) >= 11 is 0. The third kappa shape index (κ3) is 3.49. The summed E-state index contributed by atoms with van der Waals surface area (Å²) in [6.45, 7) is 7.01. The van der Waals surface area contributed by atoms with E-state index in [0.29, 0.717) is 0 Å². The van der Waals surface area contributed by atoms with Crippen molar-refractivity contribution in [1.82, 2.24) is 4.90 Å². The molecule has 20 heavy (non-hydrogen) atoms. The molecule has 0 bridgehead atoms. The Morgan fingerprint density at radius 2 is 2.10 bits per heavy atom. The average molecular weight is 276 g/mol. The summed E-state index contributed by atoms with van der Waals surface area (Å²) in [5, 5.41) is 16.6. The van der Waals surface area contributed by atoms with Crippen molar-refractivity contribution in [2.75, 3.05) is 44.2 Å². The van der Waals surface area contributed by atoms with Gasteiger partial charge in [0.25, 0.3) is 0 Å². The molecule has 5 heteroatoms. The van der Waals surface area contributed by atoms with Gasteiger partial charge in [-0.1, -0.05) is 0 Å². The fraction of sp³-hybridized carbons (Fsp3) is 0.533. The third-order valence-corrected chi connectivity index (χ3v) is 3.87. The maximum atomic E-state index is 9.02. The number of anilines is 1. The molecule has 0 saturated carbocycles. The number of aliphatic hydroxyl groups excluding tert-OH is 1. The van der Waals surface area contributed by atoms with E-state index in [1.807, 2.05) is 19.1 Å². The molecule has 2 rings (SSSR count). The van der Waals surface area contributed by atoms with E-state index in [0.717, 1.165) is 50.3 Å². The second-order valence-electron chi connectivity index (χ2n) is 5.32. The summed E-state index contributed by atoms with van der Waals surface area (Å²) in [6.07, 6.45) is 1.10. The molecule has 1 aliphatic heterocycles. The number of aliphatic hydroxyl groups is 1. The van der Waals surface area contributed by atoms with Crippen molar-refractivity contribution in [3.05, 3.63) is 29.3 Å². The number of amidine groups is 1. The van der Waals surface area contributed by atoms with Crippen LogP contribution in [0.25, 0.3) is 0 Å². The molecule has 0 aromatic heterocycles. The van der Waals surface area contributed by atoms with Crippen LogP contribution in [0.1, 0.15) is 17.5 Å². The van der Waals surface area contributed by atoms with E-state index in [1.165, 1.54) is 5.69 Å². The first-order valence-corrected chi connectivity index (χ1v) is 7.15. The average Bonchev–Trinajstić information content (AvgIpc) is 2.64. The van der Waals surface area contributed by atoms with Crippen LogP contribution in [-0.4, -0.2) is 55.2 Å². The minimum absolute atomic E-state index is 0.124. The molecule has 0 radical (unpaired) electrons. The second kappa shape index (κ2) is 6.72. The number of rotatable bonds is 4. The van der Waals surface area contributed by atoms with E-state index in [4.69, 9.17) is 16.2 Å². The first-order chi connectivity index (χ1) is 9.61. The number of aryl methyl sites for hydroxylation is 1. The van der Waals surface area contributed by atoms with Gasteiger partial charge >= 0.3 is 0 Å². The van der Waals surface area contributed by atoms with Gasteiger partial charge in [0.2, 0.25) is 0 Å². The molecule has 0 amide bonds. The molecule has 1 fully saturated rings. The normalized spacial score (nSPS) is 17.0. The van der Waals surface area contributed by atoms with Crippen LogP contribution in [0, 0.1) is 12.3 Å². The summed E-state index contributed by atoms with van der Waals surface area (Å²) in [4.78, 5) is 4.67. The highest BCUT2D eigenvalue weighted by Crippen LogP contribution is 2.20. The highest BCUT2D eigenvalue weighted by atomic mass is 16.3. The lowest BCUT2D eigenvalue weighted by Crippen LogP contribution is -2.32. The Hall–Kier alpha value is -1.59. The van der Waals surface area contributed by atoms with Crippen LogP contribution >= 0.6 is 0 Å². The Morgan fingerprint density at radius 1 is 1.30 bits per heavy atom. The zero-order valence-electron chi connectivity index (χ0n) is 12.1. The van der Waals surface area contributed by atoms with Crippen molar-refractivity contribution in [2.45, 2.75) is 13.3 Å². The van der Waals surface area contributed by atoms with Crippen LogP contribution in [0.15, 0.2) is 18.2 Å². The van der Waals surface area contributed by atoms with E-state index in [-0.39, 0.29) is 12.4 Å². The highest BCUT2D eigenvalue weighted by Gasteiger charge is 2.15. The number of β-amino-alcohol motifs (C(OH)–C–C–N with tert-alkyl or cyclic N) is 1. The number of nitrogens with zero attached hydrogens (tertiary/aromatic N) is 2. The molecule has 1 aromatic rings. The lowest BCUT2D eigenvalue weighted by molar-refractivity contribution is 0.204. The predicted octanol–water partition coefficient (Wildman–Crippen LogP) is 0.783. The Balaban J connectivity index is 2.08. The number of nitrogen functional groups attached to an aromatic ring is 1. The van der Waals surface area contributed by atoms with Crippen molar-refractivity contribution in [2.24, 2.45) is 5.73 Å². The molecule has 0 spiro atoms. The lowest BCUT2D eigenvalue weighted by atomic mass is 10.1. The van der Waals surface area contributed by atoms with E-state index >= 15 is 0 Å². The van der Waals surface area contributed by atoms with Gasteiger partial charge in [-0.2, -0.15) is 0 Å². The summed E-state index contributed by atoms with van der Waals surface area (Å²) in [7, 11) is 0. The van der Waals surface area contributed by atoms with Crippen molar-refractivity contribution in [3.63, 3.8) is 0 Å². The maximum absolute atomic E-state index is 9.02. The third-order valence-electron chi connectivity index (χ3n) is 3.87. The number of hydrogen-bond acceptors (Lipinski definition) is 4. The largest absolute Gasteiger partial charge is 0.395 e. The van der Waals surface area contributed by atoms with Gasteiger partial charge in [-0.15, -0.1) is 0 Å². The number of nitrogens with one attached hydrogen (secondary N) is 1. The molecule has 4 N–H and O–H groups in total. The number of benzene rings is 1. The number of hydrogen-bond donors (Lipinski definition) is 3. The van der Waals surface area contributed by atoms with Crippen LogP contribution in [-0.2, 0) is 0 Å². The van der Waals surface area contributed by atoms with Gasteiger partial charge in [0.1, 0.15) is 5.84 Å². The molecule has 5 nitrogen and oxygen atoms in total. The van der Waals surface area contributed by atoms with Crippen molar-refractivity contribution >= 4 is 11.5 Å². The van der Waals surface area contributed by atoms with Crippen LogP contribution in [0.5, 0.6) is 0 Å². The SMILES string of the molecule is Cc1cc(N2CCCN(CCO)CC2)ccc1C(=N)N. The molecule has 0 atom stereocenters. The molecule has 0 aliphatic carbocycles. The van der Waals surface area contributed by atoms with E-state index in [1.54, 1.807) is 0 Å². The molecule has 1 aliphatic rings. The molecule has 110 valence electrons. The van der Waals surface area contributed by atoms with Crippen LogP contribution in [0.3, 0.4) is 0 Å². The fourth-order valence-electron chi connectivity index (χ4n) is 2.74. The first kappa shape index (κ1) is 14.8. The van der Waals surface area contributed by atoms with E-state index in [2.05, 4.69) is 15.9 Å². The van der Waals surface area contributed by atoms with Gasteiger partial charge < -0.3 is 15.7 Å². The molecular formula is C15H24N4O. The summed E-state index contributed by atoms with van der Waals surface area (Å²) < 4.78 is 0. The lowest BCUT2D eigenvalue weighted by Gasteiger charge is -2.24. The topological polar surface area (TPSA) is 76.6 Å². The highest BCUT2D eigenvalue weighted by molar-refractivity contribution is 5.96. The predicted molar refractivity (Wildman–Crippen MR) is 82.6 cm³/mol. The van der Waals surface area contributed by atoms with Crippen LogP contribution in [0.4, 0.5) is 5.69 Å². The van der Waals surface area contributed by atoms with Gasteiger partial charge in [-0.25, -0.2) is 0 Å².